The van der Waals surface area contributed by atoms with E-state index >= 15 is 0 Å². The average Bonchev–Trinajstić information content (AvgIpc) is 2.48. The quantitative estimate of drug-likeness (QED) is 0.612. The lowest BCUT2D eigenvalue weighted by Crippen LogP contribution is -2.10. The molecular formula is C14H15N5O. The van der Waals surface area contributed by atoms with Crippen LogP contribution in [0.4, 0.5) is 11.4 Å². The Balaban J connectivity index is 2.57. The van der Waals surface area contributed by atoms with Gasteiger partial charge in [-0.05, 0) is 30.7 Å². The predicted octanol–water partition coefficient (Wildman–Crippen LogP) is 2.63. The molecule has 0 atom stereocenters. The molecule has 0 unspecified atom stereocenters. The maximum absolute atomic E-state index is 11.5. The highest BCUT2D eigenvalue weighted by Crippen LogP contribution is 2.14. The molecule has 20 heavy (non-hydrogen) atoms. The van der Waals surface area contributed by atoms with Gasteiger partial charge in [-0.2, -0.15) is 15.6 Å². The van der Waals surface area contributed by atoms with Crippen molar-refractivity contribution in [3.05, 3.63) is 24.3 Å². The molecular weight excluding hydrogens is 254 g/mol. The number of amides is 1. The maximum Gasteiger partial charge on any atom is 0.237 e. The zero-order chi connectivity index (χ0) is 14.8. The highest BCUT2D eigenvalue weighted by Gasteiger charge is 2.01. The number of nitrogens with one attached hydrogen (secondary N) is 2. The Hall–Kier alpha value is -2.86. The smallest absolute Gasteiger partial charge is 0.237 e. The van der Waals surface area contributed by atoms with Gasteiger partial charge in [-0.15, -0.1) is 0 Å². The van der Waals surface area contributed by atoms with Gasteiger partial charge in [0.25, 0.3) is 0 Å². The summed E-state index contributed by atoms with van der Waals surface area (Å²) < 4.78 is 0. The Morgan fingerprint density at radius 2 is 1.80 bits per heavy atom. The third kappa shape index (κ3) is 5.19. The zero-order valence-electron chi connectivity index (χ0n) is 11.2. The number of benzene rings is 1. The highest BCUT2D eigenvalue weighted by molar-refractivity contribution is 6.10. The third-order valence-electron chi connectivity index (χ3n) is 2.43. The number of unbranched alkanes of at least 4 members (excludes halogenated alkanes) is 1. The first-order valence-corrected chi connectivity index (χ1v) is 6.23. The van der Waals surface area contributed by atoms with Gasteiger partial charge in [0.1, 0.15) is 12.1 Å². The van der Waals surface area contributed by atoms with E-state index in [0.717, 1.165) is 12.8 Å². The van der Waals surface area contributed by atoms with Crippen LogP contribution in [0.25, 0.3) is 0 Å². The number of hydrogen-bond acceptors (Lipinski definition) is 5. The Morgan fingerprint density at radius 1 is 1.20 bits per heavy atom. The molecule has 1 amide bonds. The molecule has 0 aliphatic rings. The van der Waals surface area contributed by atoms with Crippen molar-refractivity contribution in [1.29, 1.82) is 10.5 Å². The van der Waals surface area contributed by atoms with Crippen LogP contribution in [0.5, 0.6) is 0 Å². The SMILES string of the molecule is CCCCC(=O)Nc1ccc(NN=C(C#N)C#N)cc1. The summed E-state index contributed by atoms with van der Waals surface area (Å²) in [6.45, 7) is 2.03. The van der Waals surface area contributed by atoms with Gasteiger partial charge in [0.2, 0.25) is 11.6 Å². The molecule has 1 rings (SSSR count). The first-order valence-electron chi connectivity index (χ1n) is 6.23. The first kappa shape index (κ1) is 15.2. The van der Waals surface area contributed by atoms with Gasteiger partial charge in [0.05, 0.1) is 5.69 Å². The predicted molar refractivity (Wildman–Crippen MR) is 76.9 cm³/mol. The van der Waals surface area contributed by atoms with Crippen molar-refractivity contribution >= 4 is 23.0 Å². The van der Waals surface area contributed by atoms with Crippen molar-refractivity contribution in [3.63, 3.8) is 0 Å². The molecule has 0 aliphatic carbocycles. The fourth-order valence-corrected chi connectivity index (χ4v) is 1.38. The Labute approximate surface area is 117 Å². The van der Waals surface area contributed by atoms with Crippen molar-refractivity contribution in [3.8, 4) is 12.1 Å². The summed E-state index contributed by atoms with van der Waals surface area (Å²) >= 11 is 0. The van der Waals surface area contributed by atoms with Crippen molar-refractivity contribution < 1.29 is 4.79 Å². The number of rotatable bonds is 6. The summed E-state index contributed by atoms with van der Waals surface area (Å²) in [5.74, 6) is -0.0122. The number of hydrogen-bond donors (Lipinski definition) is 2. The van der Waals surface area contributed by atoms with E-state index in [4.69, 9.17) is 10.5 Å². The minimum absolute atomic E-state index is 0.0122. The molecule has 1 aromatic carbocycles. The number of anilines is 2. The summed E-state index contributed by atoms with van der Waals surface area (Å²) in [5, 5.41) is 23.5. The lowest BCUT2D eigenvalue weighted by atomic mass is 10.2. The van der Waals surface area contributed by atoms with E-state index < -0.39 is 0 Å². The number of carbonyl (C=O) groups excluding carboxylic acids is 1. The number of nitrogens with zero attached hydrogens (tertiary/aromatic N) is 3. The van der Waals surface area contributed by atoms with Crippen LogP contribution >= 0.6 is 0 Å². The molecule has 6 heteroatoms. The van der Waals surface area contributed by atoms with Crippen molar-refractivity contribution in [2.24, 2.45) is 5.10 Å². The molecule has 0 aromatic heterocycles. The van der Waals surface area contributed by atoms with E-state index in [1.54, 1.807) is 36.4 Å². The van der Waals surface area contributed by atoms with Crippen LogP contribution in [0, 0.1) is 22.7 Å². The monoisotopic (exact) mass is 269 g/mol. The second-order valence-corrected chi connectivity index (χ2v) is 4.02. The number of nitriles is 2. The molecule has 0 fully saturated rings. The van der Waals surface area contributed by atoms with Crippen LogP contribution in [-0.4, -0.2) is 11.6 Å². The lowest BCUT2D eigenvalue weighted by molar-refractivity contribution is -0.116. The fraction of sp³-hybridized carbons (Fsp3) is 0.286. The summed E-state index contributed by atoms with van der Waals surface area (Å²) in [4.78, 5) is 11.5. The Kier molecular flexibility index (Phi) is 6.29. The molecule has 0 radical (unpaired) electrons. The molecule has 0 saturated carbocycles. The Morgan fingerprint density at radius 3 is 2.35 bits per heavy atom. The summed E-state index contributed by atoms with van der Waals surface area (Å²) in [6.07, 6.45) is 2.36. The van der Waals surface area contributed by atoms with Gasteiger partial charge in [0.15, 0.2) is 0 Å². The normalized spacial score (nSPS) is 8.95. The van der Waals surface area contributed by atoms with E-state index in [2.05, 4.69) is 15.8 Å². The summed E-state index contributed by atoms with van der Waals surface area (Å²) in [5.41, 5.74) is 3.66. The van der Waals surface area contributed by atoms with Gasteiger partial charge in [-0.3, -0.25) is 10.2 Å². The van der Waals surface area contributed by atoms with Crippen molar-refractivity contribution in [2.75, 3.05) is 10.7 Å². The summed E-state index contributed by atoms with van der Waals surface area (Å²) in [6, 6.07) is 10.1. The average molecular weight is 269 g/mol. The topological polar surface area (TPSA) is 101 Å². The van der Waals surface area contributed by atoms with E-state index in [0.29, 0.717) is 17.8 Å². The largest absolute Gasteiger partial charge is 0.326 e. The van der Waals surface area contributed by atoms with Crippen LogP contribution in [0.15, 0.2) is 29.4 Å². The van der Waals surface area contributed by atoms with Crippen LogP contribution < -0.4 is 10.7 Å². The van der Waals surface area contributed by atoms with Crippen LogP contribution in [0.3, 0.4) is 0 Å². The maximum atomic E-state index is 11.5. The second-order valence-electron chi connectivity index (χ2n) is 4.02. The molecule has 0 saturated heterocycles. The standard InChI is InChI=1S/C14H15N5O/c1-2-3-4-14(20)17-11-5-7-12(8-6-11)18-19-13(9-15)10-16/h5-8,18H,2-4H2,1H3,(H,17,20). The first-order chi connectivity index (χ1) is 9.69. The van der Waals surface area contributed by atoms with Crippen LogP contribution in [0.2, 0.25) is 0 Å². The van der Waals surface area contributed by atoms with Crippen LogP contribution in [-0.2, 0) is 4.79 Å². The molecule has 1 aromatic rings. The third-order valence-corrected chi connectivity index (χ3v) is 2.43. The molecule has 6 nitrogen and oxygen atoms in total. The van der Waals surface area contributed by atoms with E-state index in [-0.39, 0.29) is 11.6 Å². The molecule has 102 valence electrons. The number of hydrazone groups is 1. The van der Waals surface area contributed by atoms with Crippen molar-refractivity contribution in [2.45, 2.75) is 26.2 Å². The highest BCUT2D eigenvalue weighted by atomic mass is 16.1. The molecule has 0 spiro atoms. The van der Waals surface area contributed by atoms with Gasteiger partial charge in [-0.25, -0.2) is 0 Å². The lowest BCUT2D eigenvalue weighted by Gasteiger charge is -2.06. The fourth-order valence-electron chi connectivity index (χ4n) is 1.38. The van der Waals surface area contributed by atoms with Gasteiger partial charge < -0.3 is 5.32 Å². The van der Waals surface area contributed by atoms with E-state index in [9.17, 15) is 4.79 Å². The minimum atomic E-state index is -0.248. The zero-order valence-corrected chi connectivity index (χ0v) is 11.2. The molecule has 0 aliphatic heterocycles. The van der Waals surface area contributed by atoms with Gasteiger partial charge in [0, 0.05) is 12.1 Å². The molecule has 0 bridgehead atoms. The molecule has 0 heterocycles. The van der Waals surface area contributed by atoms with Gasteiger partial charge in [-0.1, -0.05) is 13.3 Å². The minimum Gasteiger partial charge on any atom is -0.326 e. The van der Waals surface area contributed by atoms with Crippen molar-refractivity contribution in [1.82, 2.24) is 0 Å². The van der Waals surface area contributed by atoms with E-state index in [1.165, 1.54) is 0 Å². The van der Waals surface area contributed by atoms with Gasteiger partial charge >= 0.3 is 0 Å². The number of carbonyl (C=O) groups is 1. The van der Waals surface area contributed by atoms with Crippen LogP contribution in [0.1, 0.15) is 26.2 Å². The second kappa shape index (κ2) is 8.28. The van der Waals surface area contributed by atoms with E-state index in [1.807, 2.05) is 6.92 Å². The molecule has 2 N–H and O–H groups in total. The summed E-state index contributed by atoms with van der Waals surface area (Å²) in [7, 11) is 0. The Bertz CT molecular complexity index is 547.